The first kappa shape index (κ1) is 9.82. The second kappa shape index (κ2) is 3.58. The maximum Gasteiger partial charge on any atom is 0.137 e. The molecule has 0 amide bonds. The molecule has 3 heteroatoms. The minimum atomic E-state index is 0.427. The summed E-state index contributed by atoms with van der Waals surface area (Å²) >= 11 is 0. The van der Waals surface area contributed by atoms with Crippen LogP contribution in [0, 0.1) is 6.92 Å². The summed E-state index contributed by atoms with van der Waals surface area (Å²) in [4.78, 5) is 18.3. The molecule has 2 saturated heterocycles. The molecule has 2 fully saturated rings. The molecule has 0 radical (unpaired) electrons. The van der Waals surface area contributed by atoms with E-state index in [1.807, 2.05) is 19.2 Å². The smallest absolute Gasteiger partial charge is 0.137 e. The van der Waals surface area contributed by atoms with Gasteiger partial charge in [-0.2, -0.15) is 0 Å². The molecule has 3 rings (SSSR count). The molecule has 2 bridgehead atoms. The van der Waals surface area contributed by atoms with E-state index < -0.39 is 0 Å². The minimum absolute atomic E-state index is 0.427. The Kier molecular flexibility index (Phi) is 2.20. The Labute approximate surface area is 95.5 Å². The molecule has 0 aliphatic carbocycles. The SMILES string of the molecule is Cc1ccc(N2[C@@H]3CC[C@H]2CC(=O)C3)cn1. The number of rotatable bonds is 1. The lowest BCUT2D eigenvalue weighted by Crippen LogP contribution is -2.43. The monoisotopic (exact) mass is 216 g/mol. The summed E-state index contributed by atoms with van der Waals surface area (Å²) in [6.07, 6.45) is 5.71. The fraction of sp³-hybridized carbons (Fsp3) is 0.538. The van der Waals surface area contributed by atoms with Gasteiger partial charge in [0.15, 0.2) is 0 Å². The van der Waals surface area contributed by atoms with Crippen LogP contribution in [0.1, 0.15) is 31.4 Å². The van der Waals surface area contributed by atoms with Gasteiger partial charge in [-0.3, -0.25) is 9.78 Å². The van der Waals surface area contributed by atoms with Crippen molar-refractivity contribution in [1.29, 1.82) is 0 Å². The number of hydrogen-bond acceptors (Lipinski definition) is 3. The number of ketones is 1. The van der Waals surface area contributed by atoms with E-state index in [0.717, 1.165) is 31.4 Å². The second-order valence-electron chi connectivity index (χ2n) is 4.90. The number of pyridine rings is 1. The van der Waals surface area contributed by atoms with E-state index >= 15 is 0 Å². The van der Waals surface area contributed by atoms with Gasteiger partial charge >= 0.3 is 0 Å². The number of carbonyl (C=O) groups excluding carboxylic acids is 1. The van der Waals surface area contributed by atoms with Crippen LogP contribution in [-0.2, 0) is 4.79 Å². The fourth-order valence-electron chi connectivity index (χ4n) is 3.01. The molecular formula is C13H16N2O. The Hall–Kier alpha value is -1.38. The van der Waals surface area contributed by atoms with Gasteiger partial charge in [-0.15, -0.1) is 0 Å². The first-order valence-electron chi connectivity index (χ1n) is 5.97. The Balaban J connectivity index is 1.90. The Morgan fingerprint density at radius 1 is 1.25 bits per heavy atom. The van der Waals surface area contributed by atoms with Crippen molar-refractivity contribution in [1.82, 2.24) is 4.98 Å². The van der Waals surface area contributed by atoms with Crippen LogP contribution < -0.4 is 4.90 Å². The average Bonchev–Trinajstić information content (AvgIpc) is 2.54. The van der Waals surface area contributed by atoms with Crippen molar-refractivity contribution in [3.63, 3.8) is 0 Å². The molecule has 2 aliphatic heterocycles. The molecule has 1 aromatic rings. The molecular weight excluding hydrogens is 200 g/mol. The summed E-state index contributed by atoms with van der Waals surface area (Å²) < 4.78 is 0. The molecule has 2 aliphatic rings. The average molecular weight is 216 g/mol. The molecule has 1 aromatic heterocycles. The van der Waals surface area contributed by atoms with Crippen LogP contribution in [0.2, 0.25) is 0 Å². The van der Waals surface area contributed by atoms with Crippen molar-refractivity contribution in [3.8, 4) is 0 Å². The molecule has 84 valence electrons. The van der Waals surface area contributed by atoms with Crippen LogP contribution in [0.3, 0.4) is 0 Å². The summed E-state index contributed by atoms with van der Waals surface area (Å²) in [7, 11) is 0. The molecule has 0 N–H and O–H groups in total. The number of aromatic nitrogens is 1. The van der Waals surface area contributed by atoms with Gasteiger partial charge in [0.2, 0.25) is 0 Å². The third-order valence-electron chi connectivity index (χ3n) is 3.74. The summed E-state index contributed by atoms with van der Waals surface area (Å²) in [6.45, 7) is 2.00. The lowest BCUT2D eigenvalue weighted by molar-refractivity contribution is -0.120. The molecule has 16 heavy (non-hydrogen) atoms. The number of anilines is 1. The Morgan fingerprint density at radius 2 is 1.94 bits per heavy atom. The van der Waals surface area contributed by atoms with Crippen molar-refractivity contribution >= 4 is 11.5 Å². The summed E-state index contributed by atoms with van der Waals surface area (Å²) in [6, 6.07) is 5.03. The van der Waals surface area contributed by atoms with E-state index in [1.54, 1.807) is 0 Å². The summed E-state index contributed by atoms with van der Waals surface area (Å²) in [5.41, 5.74) is 2.23. The molecule has 0 spiro atoms. The first-order valence-corrected chi connectivity index (χ1v) is 5.97. The number of Topliss-reactive ketones (excluding diaryl/α,β-unsaturated/α-hetero) is 1. The number of fused-ring (bicyclic) bond motifs is 2. The van der Waals surface area contributed by atoms with Crippen LogP contribution in [0.5, 0.6) is 0 Å². The van der Waals surface area contributed by atoms with Crippen LogP contribution in [0.25, 0.3) is 0 Å². The summed E-state index contributed by atoms with van der Waals surface area (Å²) in [5.74, 6) is 0.434. The molecule has 2 atom stereocenters. The van der Waals surface area contributed by atoms with Crippen LogP contribution >= 0.6 is 0 Å². The minimum Gasteiger partial charge on any atom is -0.363 e. The highest BCUT2D eigenvalue weighted by atomic mass is 16.1. The highest BCUT2D eigenvalue weighted by molar-refractivity contribution is 5.83. The van der Waals surface area contributed by atoms with Crippen molar-refractivity contribution in [2.45, 2.75) is 44.7 Å². The van der Waals surface area contributed by atoms with Gasteiger partial charge in [-0.05, 0) is 31.9 Å². The standard InChI is InChI=1S/C13H16N2O/c1-9-2-3-12(8-14-9)15-10-4-5-11(15)7-13(16)6-10/h2-3,8,10-11H,4-7H2,1H3/t10-,11+. The van der Waals surface area contributed by atoms with Crippen LogP contribution in [-0.4, -0.2) is 22.9 Å². The zero-order valence-corrected chi connectivity index (χ0v) is 9.52. The zero-order chi connectivity index (χ0) is 11.1. The lowest BCUT2D eigenvalue weighted by atomic mass is 10.0. The molecule has 0 saturated carbocycles. The normalized spacial score (nSPS) is 28.6. The fourth-order valence-corrected chi connectivity index (χ4v) is 3.01. The van der Waals surface area contributed by atoms with Gasteiger partial charge in [0.25, 0.3) is 0 Å². The second-order valence-corrected chi connectivity index (χ2v) is 4.90. The van der Waals surface area contributed by atoms with E-state index in [1.165, 1.54) is 5.69 Å². The predicted octanol–water partition coefficient (Wildman–Crippen LogP) is 2.09. The van der Waals surface area contributed by atoms with Gasteiger partial charge < -0.3 is 4.90 Å². The van der Waals surface area contributed by atoms with Gasteiger partial charge in [0.1, 0.15) is 5.78 Å². The molecule has 3 nitrogen and oxygen atoms in total. The van der Waals surface area contributed by atoms with Crippen molar-refractivity contribution in [2.75, 3.05) is 4.90 Å². The largest absolute Gasteiger partial charge is 0.363 e. The maximum atomic E-state index is 11.5. The number of nitrogens with zero attached hydrogens (tertiary/aromatic N) is 2. The summed E-state index contributed by atoms with van der Waals surface area (Å²) in [5, 5.41) is 0. The number of aryl methyl sites for hydroxylation is 1. The molecule has 3 heterocycles. The lowest BCUT2D eigenvalue weighted by Gasteiger charge is -2.35. The van der Waals surface area contributed by atoms with Crippen LogP contribution in [0.15, 0.2) is 18.3 Å². The quantitative estimate of drug-likeness (QED) is 0.720. The third kappa shape index (κ3) is 1.51. The van der Waals surface area contributed by atoms with Gasteiger partial charge in [0.05, 0.1) is 11.9 Å². The van der Waals surface area contributed by atoms with Crippen LogP contribution in [0.4, 0.5) is 5.69 Å². The molecule has 0 aromatic carbocycles. The third-order valence-corrected chi connectivity index (χ3v) is 3.74. The highest BCUT2D eigenvalue weighted by Crippen LogP contribution is 2.37. The maximum absolute atomic E-state index is 11.5. The van der Waals surface area contributed by atoms with E-state index in [2.05, 4.69) is 16.0 Å². The zero-order valence-electron chi connectivity index (χ0n) is 9.52. The van der Waals surface area contributed by atoms with E-state index in [-0.39, 0.29) is 0 Å². The molecule has 0 unspecified atom stereocenters. The van der Waals surface area contributed by atoms with Crippen molar-refractivity contribution in [3.05, 3.63) is 24.0 Å². The first-order chi connectivity index (χ1) is 7.74. The van der Waals surface area contributed by atoms with Crippen molar-refractivity contribution < 1.29 is 4.79 Å². The van der Waals surface area contributed by atoms with Gasteiger partial charge in [-0.1, -0.05) is 0 Å². The van der Waals surface area contributed by atoms with E-state index in [0.29, 0.717) is 17.9 Å². The van der Waals surface area contributed by atoms with E-state index in [4.69, 9.17) is 0 Å². The Morgan fingerprint density at radius 3 is 2.50 bits per heavy atom. The number of piperidine rings is 1. The van der Waals surface area contributed by atoms with Gasteiger partial charge in [0, 0.05) is 30.6 Å². The van der Waals surface area contributed by atoms with Crippen molar-refractivity contribution in [2.24, 2.45) is 0 Å². The topological polar surface area (TPSA) is 33.2 Å². The number of hydrogen-bond donors (Lipinski definition) is 0. The van der Waals surface area contributed by atoms with E-state index in [9.17, 15) is 4.79 Å². The highest BCUT2D eigenvalue weighted by Gasteiger charge is 2.40. The number of carbonyl (C=O) groups is 1. The van der Waals surface area contributed by atoms with Gasteiger partial charge in [-0.25, -0.2) is 0 Å². The predicted molar refractivity (Wildman–Crippen MR) is 62.5 cm³/mol. The Bertz CT molecular complexity index is 396.